The van der Waals surface area contributed by atoms with E-state index >= 15 is 0 Å². The number of nitrogens with one attached hydrogen (secondary N) is 2. The molecule has 1 amide bonds. The van der Waals surface area contributed by atoms with Crippen LogP contribution in [0.2, 0.25) is 0 Å². The molecule has 0 aliphatic heterocycles. The number of anilines is 3. The fraction of sp³-hybridized carbons (Fsp3) is 0.143. The maximum absolute atomic E-state index is 11.0. The third-order valence-electron chi connectivity index (χ3n) is 2.65. The number of rotatable bonds is 4. The Balaban J connectivity index is 2.06. The predicted octanol–water partition coefficient (Wildman–Crippen LogP) is 2.26. The van der Waals surface area contributed by atoms with E-state index in [4.69, 9.17) is 5.73 Å². The minimum Gasteiger partial charge on any atom is -0.453 e. The Bertz CT molecular complexity index is 601. The van der Waals surface area contributed by atoms with E-state index in [-0.39, 0.29) is 0 Å². The first kappa shape index (κ1) is 13.7. The zero-order valence-electron chi connectivity index (χ0n) is 11.1. The number of benzene rings is 1. The summed E-state index contributed by atoms with van der Waals surface area (Å²) in [5.41, 5.74) is 8.19. The standard InChI is InChI=1S/C14H16N4O2/c1-20-14(19)17-9-10-4-2-5-11(8-10)18-13-12(15)6-3-7-16-13/h2-8H,9,15H2,1H3,(H,16,18)(H,17,19). The molecule has 1 heterocycles. The molecule has 0 aliphatic rings. The van der Waals surface area contributed by atoms with Crippen molar-refractivity contribution >= 4 is 23.3 Å². The maximum Gasteiger partial charge on any atom is 0.407 e. The van der Waals surface area contributed by atoms with E-state index in [1.54, 1.807) is 18.3 Å². The number of methoxy groups -OCH3 is 1. The second-order valence-corrected chi connectivity index (χ2v) is 4.11. The van der Waals surface area contributed by atoms with E-state index in [0.717, 1.165) is 11.3 Å². The van der Waals surface area contributed by atoms with Crippen LogP contribution in [0.3, 0.4) is 0 Å². The molecule has 0 fully saturated rings. The van der Waals surface area contributed by atoms with Crippen LogP contribution in [-0.2, 0) is 11.3 Å². The lowest BCUT2D eigenvalue weighted by Gasteiger charge is -2.10. The van der Waals surface area contributed by atoms with Crippen molar-refractivity contribution in [1.82, 2.24) is 10.3 Å². The minimum absolute atomic E-state index is 0.389. The van der Waals surface area contributed by atoms with Gasteiger partial charge in [0.2, 0.25) is 0 Å². The van der Waals surface area contributed by atoms with Crippen LogP contribution in [0.5, 0.6) is 0 Å². The lowest BCUT2D eigenvalue weighted by molar-refractivity contribution is 0.170. The van der Waals surface area contributed by atoms with E-state index in [1.165, 1.54) is 7.11 Å². The van der Waals surface area contributed by atoms with Gasteiger partial charge in [0.15, 0.2) is 5.82 Å². The summed E-state index contributed by atoms with van der Waals surface area (Å²) >= 11 is 0. The highest BCUT2D eigenvalue weighted by atomic mass is 16.5. The number of aromatic nitrogens is 1. The van der Waals surface area contributed by atoms with Crippen molar-refractivity contribution in [3.05, 3.63) is 48.2 Å². The van der Waals surface area contributed by atoms with E-state index in [2.05, 4.69) is 20.4 Å². The van der Waals surface area contributed by atoms with Gasteiger partial charge < -0.3 is 21.1 Å². The predicted molar refractivity (Wildman–Crippen MR) is 77.6 cm³/mol. The Hall–Kier alpha value is -2.76. The zero-order valence-corrected chi connectivity index (χ0v) is 11.1. The fourth-order valence-electron chi connectivity index (χ4n) is 1.66. The number of hydrogen-bond acceptors (Lipinski definition) is 5. The minimum atomic E-state index is -0.461. The number of amides is 1. The first-order valence-corrected chi connectivity index (χ1v) is 6.07. The van der Waals surface area contributed by atoms with Crippen molar-refractivity contribution < 1.29 is 9.53 Å². The summed E-state index contributed by atoms with van der Waals surface area (Å²) in [7, 11) is 1.33. The van der Waals surface area contributed by atoms with Crippen LogP contribution < -0.4 is 16.4 Å². The molecular weight excluding hydrogens is 256 g/mol. The lowest BCUT2D eigenvalue weighted by Crippen LogP contribution is -2.22. The Morgan fingerprint density at radius 2 is 2.20 bits per heavy atom. The van der Waals surface area contributed by atoms with Crippen molar-refractivity contribution in [3.63, 3.8) is 0 Å². The molecule has 0 radical (unpaired) electrons. The van der Waals surface area contributed by atoms with Crippen LogP contribution in [0.15, 0.2) is 42.6 Å². The molecule has 104 valence electrons. The van der Waals surface area contributed by atoms with Gasteiger partial charge in [-0.05, 0) is 29.8 Å². The van der Waals surface area contributed by atoms with Crippen molar-refractivity contribution in [2.24, 2.45) is 0 Å². The molecule has 0 unspecified atom stereocenters. The van der Waals surface area contributed by atoms with Crippen molar-refractivity contribution in [1.29, 1.82) is 0 Å². The molecule has 20 heavy (non-hydrogen) atoms. The summed E-state index contributed by atoms with van der Waals surface area (Å²) in [5.74, 6) is 0.602. The number of carbonyl (C=O) groups excluding carboxylic acids is 1. The normalized spacial score (nSPS) is 9.85. The van der Waals surface area contributed by atoms with Crippen LogP contribution in [0.1, 0.15) is 5.56 Å². The highest BCUT2D eigenvalue weighted by molar-refractivity contribution is 5.69. The number of nitrogen functional groups attached to an aromatic ring is 1. The zero-order chi connectivity index (χ0) is 14.4. The Kier molecular flexibility index (Phi) is 4.39. The number of nitrogens with two attached hydrogens (primary N) is 1. The number of hydrogen-bond donors (Lipinski definition) is 3. The van der Waals surface area contributed by atoms with Gasteiger partial charge in [0.1, 0.15) is 0 Å². The molecule has 1 aromatic carbocycles. The number of carbonyl (C=O) groups is 1. The second kappa shape index (κ2) is 6.42. The van der Waals surface area contributed by atoms with Gasteiger partial charge in [-0.1, -0.05) is 12.1 Å². The largest absolute Gasteiger partial charge is 0.453 e. The third-order valence-corrected chi connectivity index (χ3v) is 2.65. The molecule has 6 heteroatoms. The summed E-state index contributed by atoms with van der Waals surface area (Å²) in [6.07, 6.45) is 1.21. The Morgan fingerprint density at radius 1 is 1.35 bits per heavy atom. The van der Waals surface area contributed by atoms with Crippen LogP contribution in [0, 0.1) is 0 Å². The monoisotopic (exact) mass is 272 g/mol. The first-order chi connectivity index (χ1) is 9.69. The molecule has 0 saturated heterocycles. The number of alkyl carbamates (subject to hydrolysis) is 1. The summed E-state index contributed by atoms with van der Waals surface area (Å²) in [5, 5.41) is 5.76. The third kappa shape index (κ3) is 3.61. The van der Waals surface area contributed by atoms with Gasteiger partial charge >= 0.3 is 6.09 Å². The number of pyridine rings is 1. The molecule has 0 aliphatic carbocycles. The van der Waals surface area contributed by atoms with Gasteiger partial charge in [-0.25, -0.2) is 9.78 Å². The summed E-state index contributed by atoms with van der Waals surface area (Å²) < 4.78 is 4.52. The van der Waals surface area contributed by atoms with Crippen molar-refractivity contribution in [2.45, 2.75) is 6.54 Å². The SMILES string of the molecule is COC(=O)NCc1cccc(Nc2ncccc2N)c1. The quantitative estimate of drug-likeness (QED) is 0.794. The van der Waals surface area contributed by atoms with Gasteiger partial charge in [-0.2, -0.15) is 0 Å². The van der Waals surface area contributed by atoms with E-state index in [1.807, 2.05) is 24.3 Å². The van der Waals surface area contributed by atoms with Gasteiger partial charge in [0.25, 0.3) is 0 Å². The van der Waals surface area contributed by atoms with Gasteiger partial charge in [0, 0.05) is 18.4 Å². The van der Waals surface area contributed by atoms with Crippen LogP contribution in [-0.4, -0.2) is 18.2 Å². The Morgan fingerprint density at radius 3 is 2.95 bits per heavy atom. The van der Waals surface area contributed by atoms with E-state index in [9.17, 15) is 4.79 Å². The molecule has 1 aromatic heterocycles. The average molecular weight is 272 g/mol. The molecule has 4 N–H and O–H groups in total. The molecule has 2 aromatic rings. The van der Waals surface area contributed by atoms with Crippen LogP contribution in [0.4, 0.5) is 22.0 Å². The fourth-order valence-corrected chi connectivity index (χ4v) is 1.66. The van der Waals surface area contributed by atoms with E-state index in [0.29, 0.717) is 18.1 Å². The summed E-state index contributed by atoms with van der Waals surface area (Å²) in [6, 6.07) is 11.1. The maximum atomic E-state index is 11.0. The Labute approximate surface area is 117 Å². The molecular formula is C14H16N4O2. The van der Waals surface area contributed by atoms with E-state index < -0.39 is 6.09 Å². The topological polar surface area (TPSA) is 89.3 Å². The molecule has 0 saturated carbocycles. The van der Waals surface area contributed by atoms with Crippen molar-refractivity contribution in [3.8, 4) is 0 Å². The number of ether oxygens (including phenoxy) is 1. The van der Waals surface area contributed by atoms with Gasteiger partial charge in [-0.15, -0.1) is 0 Å². The van der Waals surface area contributed by atoms with Crippen LogP contribution >= 0.6 is 0 Å². The smallest absolute Gasteiger partial charge is 0.407 e. The highest BCUT2D eigenvalue weighted by Crippen LogP contribution is 2.20. The first-order valence-electron chi connectivity index (χ1n) is 6.07. The summed E-state index contributed by atoms with van der Waals surface area (Å²) in [4.78, 5) is 15.2. The molecule has 6 nitrogen and oxygen atoms in total. The average Bonchev–Trinajstić information content (AvgIpc) is 2.47. The van der Waals surface area contributed by atoms with Crippen molar-refractivity contribution in [2.75, 3.05) is 18.2 Å². The molecule has 0 atom stereocenters. The van der Waals surface area contributed by atoms with Crippen LogP contribution in [0.25, 0.3) is 0 Å². The molecule has 0 bridgehead atoms. The van der Waals surface area contributed by atoms with Gasteiger partial charge in [-0.3, -0.25) is 0 Å². The highest BCUT2D eigenvalue weighted by Gasteiger charge is 2.02. The lowest BCUT2D eigenvalue weighted by atomic mass is 10.2. The summed E-state index contributed by atoms with van der Waals surface area (Å²) in [6.45, 7) is 0.389. The second-order valence-electron chi connectivity index (χ2n) is 4.11. The van der Waals surface area contributed by atoms with Gasteiger partial charge in [0.05, 0.1) is 12.8 Å². The molecule has 2 rings (SSSR count). The number of nitrogens with zero attached hydrogens (tertiary/aromatic N) is 1. The molecule has 0 spiro atoms.